The normalized spacial score (nSPS) is 40.9. The molecule has 1 aromatic rings. The molecule has 0 radical (unpaired) electrons. The zero-order valence-electron chi connectivity index (χ0n) is 16.5. The molecule has 0 aromatic heterocycles. The average molecular weight is 415 g/mol. The molecule has 0 amide bonds. The van der Waals surface area contributed by atoms with Crippen molar-refractivity contribution in [3.05, 3.63) is 48.3 Å². The van der Waals surface area contributed by atoms with Gasteiger partial charge in [-0.25, -0.2) is 9.86 Å². The van der Waals surface area contributed by atoms with Gasteiger partial charge in [-0.15, -0.1) is 0 Å². The number of hydroxylamine groups is 2. The minimum absolute atomic E-state index is 0.0662. The minimum atomic E-state index is -1.26. The van der Waals surface area contributed by atoms with Gasteiger partial charge >= 0.3 is 5.97 Å². The summed E-state index contributed by atoms with van der Waals surface area (Å²) in [6, 6.07) is 6.67. The number of nitrogens with zero attached hydrogens (tertiary/aromatic N) is 2. The predicted octanol–water partition coefficient (Wildman–Crippen LogP) is -0.602. The van der Waals surface area contributed by atoms with Gasteiger partial charge in [0.2, 0.25) is 0 Å². The number of esters is 1. The van der Waals surface area contributed by atoms with Gasteiger partial charge in [0.25, 0.3) is 0 Å². The maximum Gasteiger partial charge on any atom is 0.338 e. The highest BCUT2D eigenvalue weighted by Gasteiger charge is 2.92. The first kappa shape index (κ1) is 19.2. The van der Waals surface area contributed by atoms with E-state index in [1.165, 1.54) is 0 Å². The summed E-state index contributed by atoms with van der Waals surface area (Å²) in [5.41, 5.74) is -2.85. The number of rotatable bonds is 4. The van der Waals surface area contributed by atoms with Crippen molar-refractivity contribution in [1.82, 2.24) is 20.6 Å². The number of aliphatic hydroxyl groups excluding tert-OH is 2. The number of carbonyl (C=O) groups excluding carboxylic acids is 1. The summed E-state index contributed by atoms with van der Waals surface area (Å²) in [7, 11) is 0. The summed E-state index contributed by atoms with van der Waals surface area (Å²) in [5.74, 6) is -0.378. The molecule has 4 aliphatic rings. The molecule has 0 bridgehead atoms. The van der Waals surface area contributed by atoms with Crippen LogP contribution in [0.4, 0.5) is 0 Å². The lowest BCUT2D eigenvalue weighted by atomic mass is 9.79. The number of nitrogens with one attached hydrogen (secondary N) is 3. The minimum Gasteiger partial charge on any atom is -0.452 e. The van der Waals surface area contributed by atoms with E-state index in [9.17, 15) is 20.2 Å². The second-order valence-corrected chi connectivity index (χ2v) is 8.61. The standard InChI is InChI=1S/C20H25N5O5/c1-11-22-15-13(8-26)23-17(21)24-14(9-27)19(10-18(19,2)20(15,24)25(11)29)30-16(28)12-6-4-3-5-7-12/h3-7,13-15,22,26-27,29H,1,8-10H2,2H3,(H2,21,23)/t13-,14?,15?,18-,19-,20?/m0/s1. The van der Waals surface area contributed by atoms with Crippen LogP contribution < -0.4 is 10.6 Å². The Morgan fingerprint density at radius 2 is 2.00 bits per heavy atom. The molecule has 30 heavy (non-hydrogen) atoms. The third-order valence-electron chi connectivity index (χ3n) is 7.41. The highest BCUT2D eigenvalue weighted by atomic mass is 16.6. The molecule has 1 aromatic carbocycles. The van der Waals surface area contributed by atoms with Gasteiger partial charge in [0.15, 0.2) is 11.6 Å². The van der Waals surface area contributed by atoms with E-state index in [-0.39, 0.29) is 25.0 Å². The Morgan fingerprint density at radius 3 is 2.63 bits per heavy atom. The van der Waals surface area contributed by atoms with Crippen LogP contribution in [0.3, 0.4) is 0 Å². The monoisotopic (exact) mass is 415 g/mol. The van der Waals surface area contributed by atoms with Crippen LogP contribution in [-0.4, -0.2) is 79.9 Å². The van der Waals surface area contributed by atoms with Crippen LogP contribution in [0.25, 0.3) is 0 Å². The lowest BCUT2D eigenvalue weighted by molar-refractivity contribution is -0.205. The molecule has 1 spiro atoms. The predicted molar refractivity (Wildman–Crippen MR) is 104 cm³/mol. The van der Waals surface area contributed by atoms with E-state index in [1.807, 2.05) is 6.92 Å². The number of benzene rings is 1. The van der Waals surface area contributed by atoms with Crippen LogP contribution in [0.1, 0.15) is 23.7 Å². The number of fused-ring (bicyclic) bond motifs is 1. The molecule has 6 atom stereocenters. The highest BCUT2D eigenvalue weighted by molar-refractivity contribution is 5.90. The Labute approximate surface area is 173 Å². The molecule has 10 heteroatoms. The third kappa shape index (κ3) is 1.89. The first-order valence-electron chi connectivity index (χ1n) is 9.87. The zero-order valence-corrected chi connectivity index (χ0v) is 16.5. The molecular weight excluding hydrogens is 390 g/mol. The van der Waals surface area contributed by atoms with Crippen molar-refractivity contribution >= 4 is 11.9 Å². The summed E-state index contributed by atoms with van der Waals surface area (Å²) in [5, 5.41) is 47.0. The van der Waals surface area contributed by atoms with E-state index in [0.717, 1.165) is 5.06 Å². The van der Waals surface area contributed by atoms with Gasteiger partial charge in [0, 0.05) is 6.42 Å². The molecule has 160 valence electrons. The van der Waals surface area contributed by atoms with Crippen molar-refractivity contribution in [2.45, 2.75) is 42.7 Å². The fourth-order valence-electron chi connectivity index (χ4n) is 6.06. The van der Waals surface area contributed by atoms with Gasteiger partial charge in [-0.05, 0) is 12.1 Å². The third-order valence-corrected chi connectivity index (χ3v) is 7.41. The summed E-state index contributed by atoms with van der Waals surface area (Å²) < 4.78 is 6.04. The van der Waals surface area contributed by atoms with Crippen LogP contribution >= 0.6 is 0 Å². The molecule has 3 unspecified atom stereocenters. The summed E-state index contributed by atoms with van der Waals surface area (Å²) in [4.78, 5) is 14.5. The number of ether oxygens (including phenoxy) is 1. The van der Waals surface area contributed by atoms with Crippen molar-refractivity contribution in [3.8, 4) is 0 Å². The number of piperidine rings is 1. The van der Waals surface area contributed by atoms with Crippen LogP contribution in [0.15, 0.2) is 42.7 Å². The smallest absolute Gasteiger partial charge is 0.338 e. The fourth-order valence-corrected chi connectivity index (χ4v) is 6.06. The van der Waals surface area contributed by atoms with Crippen LogP contribution in [0, 0.1) is 10.8 Å². The van der Waals surface area contributed by atoms with Crippen LogP contribution in [0.5, 0.6) is 0 Å². The Kier molecular flexibility index (Phi) is 3.75. The second kappa shape index (κ2) is 5.87. The number of hydrogen-bond acceptors (Lipinski definition) is 8. The SMILES string of the molecule is C=C1NC2[C@H](CO)NC(=N)N3C(CO)[C@@]4(OC(=O)c5ccccc5)C[C@]4(C)C23N1O. The lowest BCUT2D eigenvalue weighted by Gasteiger charge is -2.54. The van der Waals surface area contributed by atoms with Crippen molar-refractivity contribution in [3.63, 3.8) is 0 Å². The van der Waals surface area contributed by atoms with Gasteiger partial charge in [-0.3, -0.25) is 10.6 Å². The number of aliphatic hydroxyl groups is 2. The number of guanidine groups is 1. The molecule has 3 aliphatic heterocycles. The van der Waals surface area contributed by atoms with Crippen LogP contribution in [-0.2, 0) is 4.74 Å². The van der Waals surface area contributed by atoms with Crippen molar-refractivity contribution in [2.75, 3.05) is 13.2 Å². The second-order valence-electron chi connectivity index (χ2n) is 8.61. The molecule has 3 saturated heterocycles. The lowest BCUT2D eigenvalue weighted by Crippen LogP contribution is -2.78. The molecule has 6 N–H and O–H groups in total. The van der Waals surface area contributed by atoms with E-state index >= 15 is 0 Å². The van der Waals surface area contributed by atoms with Gasteiger partial charge in [-0.1, -0.05) is 31.7 Å². The maximum absolute atomic E-state index is 12.9. The van der Waals surface area contributed by atoms with E-state index in [4.69, 9.17) is 10.1 Å². The first-order valence-corrected chi connectivity index (χ1v) is 9.87. The van der Waals surface area contributed by atoms with Crippen molar-refractivity contribution in [1.29, 1.82) is 5.41 Å². The Hall–Kier alpha value is -2.82. The molecule has 1 aliphatic carbocycles. The van der Waals surface area contributed by atoms with E-state index in [1.54, 1.807) is 35.2 Å². The van der Waals surface area contributed by atoms with E-state index < -0.39 is 40.8 Å². The van der Waals surface area contributed by atoms with E-state index in [0.29, 0.717) is 12.0 Å². The number of carbonyl (C=O) groups is 1. The average Bonchev–Trinajstić information content (AvgIpc) is 3.18. The molecule has 1 saturated carbocycles. The molecule has 4 fully saturated rings. The summed E-state index contributed by atoms with van der Waals surface area (Å²) >= 11 is 0. The summed E-state index contributed by atoms with van der Waals surface area (Å²) in [6.07, 6.45) is 0.383. The topological polar surface area (TPSA) is 141 Å². The van der Waals surface area contributed by atoms with Crippen molar-refractivity contribution < 1.29 is 25.0 Å². The molecular formula is C20H25N5O5. The quantitative estimate of drug-likeness (QED) is 0.356. The van der Waals surface area contributed by atoms with Gasteiger partial charge in [0.1, 0.15) is 11.4 Å². The maximum atomic E-state index is 12.9. The van der Waals surface area contributed by atoms with Crippen LogP contribution in [0.2, 0.25) is 0 Å². The van der Waals surface area contributed by atoms with E-state index in [2.05, 4.69) is 17.2 Å². The first-order chi connectivity index (χ1) is 14.3. The molecule has 3 heterocycles. The largest absolute Gasteiger partial charge is 0.452 e. The Morgan fingerprint density at radius 1 is 1.30 bits per heavy atom. The Bertz CT molecular complexity index is 943. The Balaban J connectivity index is 1.63. The fraction of sp³-hybridized carbons (Fsp3) is 0.500. The number of hydrogen-bond donors (Lipinski definition) is 6. The van der Waals surface area contributed by atoms with Gasteiger partial charge in [-0.2, -0.15) is 0 Å². The zero-order chi connectivity index (χ0) is 21.5. The highest BCUT2D eigenvalue weighted by Crippen LogP contribution is 2.76. The van der Waals surface area contributed by atoms with Gasteiger partial charge < -0.3 is 30.5 Å². The van der Waals surface area contributed by atoms with Gasteiger partial charge in [0.05, 0.1) is 42.3 Å². The summed E-state index contributed by atoms with van der Waals surface area (Å²) in [6.45, 7) is 5.06. The molecule has 5 rings (SSSR count). The molecule has 10 nitrogen and oxygen atoms in total. The van der Waals surface area contributed by atoms with Crippen molar-refractivity contribution in [2.24, 2.45) is 5.41 Å².